The second-order valence-corrected chi connectivity index (χ2v) is 5.85. The van der Waals surface area contributed by atoms with Gasteiger partial charge in [-0.3, -0.25) is 4.90 Å². The number of likely N-dealkylation sites (N-methyl/N-ethyl adjacent to an activating group) is 1. The molecule has 0 amide bonds. The fourth-order valence-electron chi connectivity index (χ4n) is 3.12. The third-order valence-electron chi connectivity index (χ3n) is 4.63. The Hall–Kier alpha value is -1.47. The van der Waals surface area contributed by atoms with Crippen LogP contribution in [0.3, 0.4) is 0 Å². The number of hydrogen-bond acceptors (Lipinski definition) is 5. The number of nitro groups is 1. The quantitative estimate of drug-likeness (QED) is 0.636. The van der Waals surface area contributed by atoms with Crippen LogP contribution in [0.15, 0.2) is 6.20 Å². The largest absolute Gasteiger partial charge is 0.358 e. The first kappa shape index (κ1) is 15.9. The van der Waals surface area contributed by atoms with Crippen molar-refractivity contribution in [2.75, 3.05) is 20.6 Å². The van der Waals surface area contributed by atoms with E-state index in [0.717, 1.165) is 6.54 Å². The summed E-state index contributed by atoms with van der Waals surface area (Å²) in [6.45, 7) is 3.24. The summed E-state index contributed by atoms with van der Waals surface area (Å²) in [5, 5.41) is 14.3. The Morgan fingerprint density at radius 1 is 1.48 bits per heavy atom. The molecule has 0 radical (unpaired) electrons. The number of hydrogen-bond donors (Lipinski definition) is 1. The summed E-state index contributed by atoms with van der Waals surface area (Å²) in [5.74, 6) is 0.786. The van der Waals surface area contributed by atoms with E-state index >= 15 is 0 Å². The van der Waals surface area contributed by atoms with E-state index < -0.39 is 0 Å². The van der Waals surface area contributed by atoms with Crippen molar-refractivity contribution in [1.29, 1.82) is 0 Å². The first-order valence-corrected chi connectivity index (χ1v) is 7.57. The molecule has 0 aromatic carbocycles. The van der Waals surface area contributed by atoms with Crippen molar-refractivity contribution in [3.63, 3.8) is 0 Å². The molecular formula is C14H25N5O2. The van der Waals surface area contributed by atoms with E-state index in [2.05, 4.69) is 22.2 Å². The number of nitrogens with one attached hydrogen (secondary N) is 1. The van der Waals surface area contributed by atoms with Crippen LogP contribution in [0.2, 0.25) is 0 Å². The SMILES string of the molecule is CNC1CCC(N(C)CCn2c([N+](=O)[O-])cnc2C)CC1. The maximum atomic E-state index is 11.0. The van der Waals surface area contributed by atoms with Crippen LogP contribution in [0.5, 0.6) is 0 Å². The Morgan fingerprint density at radius 3 is 2.71 bits per heavy atom. The van der Waals surface area contributed by atoms with E-state index in [1.54, 1.807) is 4.57 Å². The molecule has 1 heterocycles. The molecule has 0 atom stereocenters. The lowest BCUT2D eigenvalue weighted by Crippen LogP contribution is -2.41. The molecule has 1 saturated carbocycles. The highest BCUT2D eigenvalue weighted by Gasteiger charge is 2.24. The lowest BCUT2D eigenvalue weighted by atomic mass is 9.90. The lowest BCUT2D eigenvalue weighted by Gasteiger charge is -2.34. The molecule has 1 fully saturated rings. The zero-order valence-electron chi connectivity index (χ0n) is 13.1. The van der Waals surface area contributed by atoms with Gasteiger partial charge in [-0.25, -0.2) is 9.55 Å². The van der Waals surface area contributed by atoms with Crippen LogP contribution >= 0.6 is 0 Å². The molecule has 1 aliphatic carbocycles. The summed E-state index contributed by atoms with van der Waals surface area (Å²) < 4.78 is 1.69. The molecule has 1 N–H and O–H groups in total. The number of aromatic nitrogens is 2. The average Bonchev–Trinajstić information content (AvgIpc) is 2.86. The van der Waals surface area contributed by atoms with Gasteiger partial charge in [0.05, 0.1) is 0 Å². The van der Waals surface area contributed by atoms with Crippen LogP contribution in [-0.4, -0.2) is 52.1 Å². The van der Waals surface area contributed by atoms with E-state index in [1.807, 2.05) is 14.0 Å². The zero-order valence-corrected chi connectivity index (χ0v) is 13.1. The van der Waals surface area contributed by atoms with Gasteiger partial charge in [0.25, 0.3) is 0 Å². The minimum atomic E-state index is -0.363. The van der Waals surface area contributed by atoms with Gasteiger partial charge in [0, 0.05) is 25.6 Å². The molecule has 0 unspecified atom stereocenters. The lowest BCUT2D eigenvalue weighted by molar-refractivity contribution is -0.392. The second kappa shape index (κ2) is 7.00. The second-order valence-electron chi connectivity index (χ2n) is 5.85. The summed E-state index contributed by atoms with van der Waals surface area (Å²) in [4.78, 5) is 17.0. The number of imidazole rings is 1. The highest BCUT2D eigenvalue weighted by molar-refractivity contribution is 5.18. The van der Waals surface area contributed by atoms with Crippen LogP contribution in [0.4, 0.5) is 5.82 Å². The Bertz CT molecular complexity index is 480. The zero-order chi connectivity index (χ0) is 15.4. The van der Waals surface area contributed by atoms with Crippen molar-refractivity contribution in [1.82, 2.24) is 19.8 Å². The van der Waals surface area contributed by atoms with Gasteiger partial charge in [0.1, 0.15) is 12.7 Å². The van der Waals surface area contributed by atoms with E-state index in [-0.39, 0.29) is 10.7 Å². The predicted octanol–water partition coefficient (Wildman–Crippen LogP) is 1.56. The summed E-state index contributed by atoms with van der Waals surface area (Å²) in [6.07, 6.45) is 6.12. The molecule has 0 spiro atoms. The maximum absolute atomic E-state index is 11.0. The minimum absolute atomic E-state index is 0.0831. The molecule has 2 rings (SSSR count). The third kappa shape index (κ3) is 3.79. The molecule has 0 aliphatic heterocycles. The first-order chi connectivity index (χ1) is 10.0. The van der Waals surface area contributed by atoms with Gasteiger partial charge in [-0.2, -0.15) is 0 Å². The molecule has 7 heteroatoms. The van der Waals surface area contributed by atoms with Crippen LogP contribution in [0.25, 0.3) is 0 Å². The van der Waals surface area contributed by atoms with Gasteiger partial charge in [-0.15, -0.1) is 0 Å². The van der Waals surface area contributed by atoms with Crippen molar-refractivity contribution in [2.24, 2.45) is 0 Å². The van der Waals surface area contributed by atoms with Gasteiger partial charge in [0.2, 0.25) is 0 Å². The van der Waals surface area contributed by atoms with E-state index in [4.69, 9.17) is 0 Å². The van der Waals surface area contributed by atoms with Crippen LogP contribution in [0.1, 0.15) is 31.5 Å². The van der Waals surface area contributed by atoms with Crippen LogP contribution in [0, 0.1) is 17.0 Å². The summed E-state index contributed by atoms with van der Waals surface area (Å²) in [5.41, 5.74) is 0. The van der Waals surface area contributed by atoms with Crippen molar-refractivity contribution in [2.45, 2.75) is 51.2 Å². The molecular weight excluding hydrogens is 270 g/mol. The number of nitrogens with zero attached hydrogens (tertiary/aromatic N) is 4. The standard InChI is InChI=1S/C14H25N5O2/c1-11-16-10-14(19(20)21)18(11)9-8-17(3)13-6-4-12(15-2)5-7-13/h10,12-13,15H,4-9H2,1-3H3. The van der Waals surface area contributed by atoms with E-state index in [0.29, 0.717) is 24.5 Å². The normalized spacial score (nSPS) is 22.7. The van der Waals surface area contributed by atoms with Crippen molar-refractivity contribution >= 4 is 5.82 Å². The Labute approximate surface area is 125 Å². The van der Waals surface area contributed by atoms with E-state index in [1.165, 1.54) is 31.9 Å². The highest BCUT2D eigenvalue weighted by atomic mass is 16.6. The highest BCUT2D eigenvalue weighted by Crippen LogP contribution is 2.22. The fraction of sp³-hybridized carbons (Fsp3) is 0.786. The summed E-state index contributed by atoms with van der Waals surface area (Å²) >= 11 is 0. The summed E-state index contributed by atoms with van der Waals surface area (Å²) in [7, 11) is 4.14. The number of aryl methyl sites for hydroxylation is 1. The van der Waals surface area contributed by atoms with Gasteiger partial charge in [-0.05, 0) is 44.7 Å². The average molecular weight is 295 g/mol. The topological polar surface area (TPSA) is 76.2 Å². The Morgan fingerprint density at radius 2 is 2.14 bits per heavy atom. The van der Waals surface area contributed by atoms with Gasteiger partial charge in [0.15, 0.2) is 5.82 Å². The molecule has 1 aliphatic rings. The predicted molar refractivity (Wildman–Crippen MR) is 81.4 cm³/mol. The third-order valence-corrected chi connectivity index (χ3v) is 4.63. The molecule has 7 nitrogen and oxygen atoms in total. The minimum Gasteiger partial charge on any atom is -0.358 e. The van der Waals surface area contributed by atoms with Gasteiger partial charge < -0.3 is 15.4 Å². The Kier molecular flexibility index (Phi) is 5.30. The number of rotatable bonds is 6. The van der Waals surface area contributed by atoms with Crippen molar-refractivity contribution in [3.8, 4) is 0 Å². The summed E-state index contributed by atoms with van der Waals surface area (Å²) in [6, 6.07) is 1.23. The smallest absolute Gasteiger partial charge is 0.342 e. The van der Waals surface area contributed by atoms with Crippen LogP contribution < -0.4 is 5.32 Å². The Balaban J connectivity index is 1.88. The molecule has 1 aromatic rings. The fourth-order valence-corrected chi connectivity index (χ4v) is 3.12. The van der Waals surface area contributed by atoms with E-state index in [9.17, 15) is 10.1 Å². The maximum Gasteiger partial charge on any atom is 0.342 e. The molecule has 0 saturated heterocycles. The monoisotopic (exact) mass is 295 g/mol. The van der Waals surface area contributed by atoms with Crippen molar-refractivity contribution in [3.05, 3.63) is 22.1 Å². The molecule has 1 aromatic heterocycles. The molecule has 21 heavy (non-hydrogen) atoms. The van der Waals surface area contributed by atoms with Gasteiger partial charge in [-0.1, -0.05) is 0 Å². The van der Waals surface area contributed by atoms with Gasteiger partial charge >= 0.3 is 5.82 Å². The van der Waals surface area contributed by atoms with Crippen molar-refractivity contribution < 1.29 is 4.92 Å². The first-order valence-electron chi connectivity index (χ1n) is 7.57. The van der Waals surface area contributed by atoms with Crippen LogP contribution in [-0.2, 0) is 6.54 Å². The molecule has 0 bridgehead atoms. The molecule has 118 valence electrons.